The van der Waals surface area contributed by atoms with E-state index >= 15 is 0 Å². The Labute approximate surface area is 129 Å². The zero-order valence-corrected chi connectivity index (χ0v) is 13.1. The lowest BCUT2D eigenvalue weighted by Crippen LogP contribution is -2.31. The van der Waals surface area contributed by atoms with Gasteiger partial charge < -0.3 is 10.6 Å². The van der Waals surface area contributed by atoms with Crippen molar-refractivity contribution >= 4 is 21.8 Å². The predicted octanol–water partition coefficient (Wildman–Crippen LogP) is -0.277. The Morgan fingerprint density at radius 3 is 2.18 bits per heavy atom. The summed E-state index contributed by atoms with van der Waals surface area (Å²) < 4.78 is 26.2. The van der Waals surface area contributed by atoms with Gasteiger partial charge in [0.2, 0.25) is 15.9 Å². The first kappa shape index (κ1) is 16.2. The zero-order valence-electron chi connectivity index (χ0n) is 12.3. The summed E-state index contributed by atoms with van der Waals surface area (Å²) in [5.74, 6) is -0.568. The quantitative estimate of drug-likeness (QED) is 0.797. The van der Waals surface area contributed by atoms with Gasteiger partial charge in [0.15, 0.2) is 0 Å². The lowest BCUT2D eigenvalue weighted by atomic mass is 10.2. The van der Waals surface area contributed by atoms with Crippen LogP contribution in [0.4, 0.5) is 0 Å². The number of hydrogen-bond donors (Lipinski definition) is 2. The minimum atomic E-state index is -3.69. The van der Waals surface area contributed by atoms with Crippen molar-refractivity contribution in [2.45, 2.75) is 4.90 Å². The van der Waals surface area contributed by atoms with Crippen LogP contribution in [0.2, 0.25) is 0 Å². The van der Waals surface area contributed by atoms with E-state index in [2.05, 4.69) is 10.6 Å². The second-order valence-corrected chi connectivity index (χ2v) is 6.65. The van der Waals surface area contributed by atoms with E-state index in [1.165, 1.54) is 42.7 Å². The molecule has 0 saturated carbocycles. The molecule has 0 aromatic heterocycles. The van der Waals surface area contributed by atoms with Crippen LogP contribution in [0.5, 0.6) is 0 Å². The number of nitrogens with zero attached hydrogens (tertiary/aromatic N) is 1. The molecule has 2 amide bonds. The SMILES string of the molecule is CNC(=O)C1=CCN(S(=O)(=O)c2ccc(C(=O)NC)cc2)C1. The van der Waals surface area contributed by atoms with Crippen LogP contribution in [0.3, 0.4) is 0 Å². The van der Waals surface area contributed by atoms with Crippen molar-refractivity contribution in [3.8, 4) is 0 Å². The van der Waals surface area contributed by atoms with Crippen molar-refractivity contribution < 1.29 is 18.0 Å². The smallest absolute Gasteiger partial charge is 0.251 e. The Hall–Kier alpha value is -2.19. The molecule has 1 aliphatic rings. The molecule has 0 aliphatic carbocycles. The predicted molar refractivity (Wildman–Crippen MR) is 80.7 cm³/mol. The molecular formula is C14H17N3O4S. The third kappa shape index (κ3) is 3.02. The van der Waals surface area contributed by atoms with E-state index in [0.717, 1.165) is 0 Å². The monoisotopic (exact) mass is 323 g/mol. The van der Waals surface area contributed by atoms with E-state index in [4.69, 9.17) is 0 Å². The molecule has 1 aromatic carbocycles. The number of nitrogens with one attached hydrogen (secondary N) is 2. The van der Waals surface area contributed by atoms with Crippen LogP contribution < -0.4 is 10.6 Å². The molecule has 118 valence electrons. The second-order valence-electron chi connectivity index (χ2n) is 4.71. The minimum Gasteiger partial charge on any atom is -0.355 e. The topological polar surface area (TPSA) is 95.6 Å². The third-order valence-corrected chi connectivity index (χ3v) is 5.21. The molecule has 1 heterocycles. The first-order valence-electron chi connectivity index (χ1n) is 6.63. The number of sulfonamides is 1. The molecule has 2 N–H and O–H groups in total. The van der Waals surface area contributed by atoms with Crippen molar-refractivity contribution in [3.05, 3.63) is 41.5 Å². The summed E-state index contributed by atoms with van der Waals surface area (Å²) in [7, 11) is -0.692. The highest BCUT2D eigenvalue weighted by Crippen LogP contribution is 2.21. The standard InChI is InChI=1S/C14H17N3O4S/c1-15-13(18)10-3-5-12(6-4-10)22(20,21)17-8-7-11(9-17)14(19)16-2/h3-7H,8-9H2,1-2H3,(H,15,18)(H,16,19). The Balaban J connectivity index is 2.18. The van der Waals surface area contributed by atoms with Crippen LogP contribution in [0, 0.1) is 0 Å². The number of likely N-dealkylation sites (N-methyl/N-ethyl adjacent to an activating group) is 1. The first-order chi connectivity index (χ1) is 10.4. The van der Waals surface area contributed by atoms with Gasteiger partial charge in [0, 0.05) is 38.3 Å². The maximum absolute atomic E-state index is 12.5. The van der Waals surface area contributed by atoms with Crippen LogP contribution in [-0.2, 0) is 14.8 Å². The summed E-state index contributed by atoms with van der Waals surface area (Å²) in [6.45, 7) is 0.196. The number of rotatable bonds is 4. The molecule has 0 atom stereocenters. The Morgan fingerprint density at radius 1 is 1.05 bits per heavy atom. The molecule has 0 bridgehead atoms. The first-order valence-corrected chi connectivity index (χ1v) is 8.07. The molecule has 2 rings (SSSR count). The molecule has 22 heavy (non-hydrogen) atoms. The highest BCUT2D eigenvalue weighted by molar-refractivity contribution is 7.89. The number of hydrogen-bond acceptors (Lipinski definition) is 4. The number of carbonyl (C=O) groups is 2. The molecule has 0 saturated heterocycles. The molecule has 7 nitrogen and oxygen atoms in total. The van der Waals surface area contributed by atoms with Crippen molar-refractivity contribution in [2.24, 2.45) is 0 Å². The number of carbonyl (C=O) groups excluding carboxylic acids is 2. The number of amides is 2. The fourth-order valence-corrected chi connectivity index (χ4v) is 3.47. The summed E-state index contributed by atoms with van der Waals surface area (Å²) in [6, 6.07) is 5.68. The Bertz CT molecular complexity index is 723. The van der Waals surface area contributed by atoms with Gasteiger partial charge in [-0.2, -0.15) is 4.31 Å². The summed E-state index contributed by atoms with van der Waals surface area (Å²) in [4.78, 5) is 23.1. The van der Waals surface area contributed by atoms with Crippen molar-refractivity contribution in [1.29, 1.82) is 0 Å². The summed E-state index contributed by atoms with van der Waals surface area (Å²) in [6.07, 6.45) is 1.59. The molecular weight excluding hydrogens is 306 g/mol. The van der Waals surface area contributed by atoms with Gasteiger partial charge in [0.1, 0.15) is 0 Å². The Morgan fingerprint density at radius 2 is 1.64 bits per heavy atom. The van der Waals surface area contributed by atoms with Crippen LogP contribution in [0.15, 0.2) is 40.8 Å². The van der Waals surface area contributed by atoms with Crippen LogP contribution in [0.1, 0.15) is 10.4 Å². The van der Waals surface area contributed by atoms with E-state index < -0.39 is 10.0 Å². The zero-order chi connectivity index (χ0) is 16.3. The second kappa shape index (κ2) is 6.29. The van der Waals surface area contributed by atoms with E-state index in [0.29, 0.717) is 11.1 Å². The molecule has 8 heteroatoms. The molecule has 0 spiro atoms. The largest absolute Gasteiger partial charge is 0.355 e. The normalized spacial score (nSPS) is 15.3. The minimum absolute atomic E-state index is 0.0409. The van der Waals surface area contributed by atoms with Crippen molar-refractivity contribution in [1.82, 2.24) is 14.9 Å². The third-order valence-electron chi connectivity index (χ3n) is 3.39. The molecule has 0 fully saturated rings. The van der Waals surface area contributed by atoms with Crippen LogP contribution in [0.25, 0.3) is 0 Å². The molecule has 1 aromatic rings. The fourth-order valence-electron chi connectivity index (χ4n) is 2.11. The lowest BCUT2D eigenvalue weighted by Gasteiger charge is -2.16. The van der Waals surface area contributed by atoms with Crippen molar-refractivity contribution in [3.63, 3.8) is 0 Å². The molecule has 1 aliphatic heterocycles. The summed E-state index contributed by atoms with van der Waals surface area (Å²) in [5, 5.41) is 4.94. The molecule has 0 unspecified atom stereocenters. The highest BCUT2D eigenvalue weighted by atomic mass is 32.2. The molecule has 0 radical (unpaired) electrons. The summed E-state index contributed by atoms with van der Waals surface area (Å²) >= 11 is 0. The van der Waals surface area contributed by atoms with E-state index in [1.54, 1.807) is 6.08 Å². The number of benzene rings is 1. The fraction of sp³-hybridized carbons (Fsp3) is 0.286. The van der Waals surface area contributed by atoms with Gasteiger partial charge in [0.05, 0.1) is 4.90 Å². The maximum Gasteiger partial charge on any atom is 0.251 e. The average molecular weight is 323 g/mol. The van der Waals surface area contributed by atoms with Crippen LogP contribution >= 0.6 is 0 Å². The average Bonchev–Trinajstić information content (AvgIpc) is 3.04. The van der Waals surface area contributed by atoms with Gasteiger partial charge in [-0.1, -0.05) is 6.08 Å². The Kier molecular flexibility index (Phi) is 4.62. The maximum atomic E-state index is 12.5. The van der Waals surface area contributed by atoms with E-state index in [-0.39, 0.29) is 29.8 Å². The van der Waals surface area contributed by atoms with Gasteiger partial charge >= 0.3 is 0 Å². The van der Waals surface area contributed by atoms with Gasteiger partial charge in [0.25, 0.3) is 5.91 Å². The highest BCUT2D eigenvalue weighted by Gasteiger charge is 2.30. The van der Waals surface area contributed by atoms with Gasteiger partial charge in [-0.25, -0.2) is 8.42 Å². The summed E-state index contributed by atoms with van der Waals surface area (Å²) in [5.41, 5.74) is 0.806. The van der Waals surface area contributed by atoms with Gasteiger partial charge in [-0.15, -0.1) is 0 Å². The van der Waals surface area contributed by atoms with Crippen molar-refractivity contribution in [2.75, 3.05) is 27.2 Å². The van der Waals surface area contributed by atoms with Gasteiger partial charge in [-0.05, 0) is 24.3 Å². The van der Waals surface area contributed by atoms with Gasteiger partial charge in [-0.3, -0.25) is 9.59 Å². The lowest BCUT2D eigenvalue weighted by molar-refractivity contribution is -0.117. The van der Waals surface area contributed by atoms with Crippen LogP contribution in [-0.4, -0.2) is 51.7 Å². The van der Waals surface area contributed by atoms with E-state index in [9.17, 15) is 18.0 Å². The van der Waals surface area contributed by atoms with E-state index in [1.807, 2.05) is 0 Å².